The molecule has 0 radical (unpaired) electrons. The highest BCUT2D eigenvalue weighted by Gasteiger charge is 2.22. The quantitative estimate of drug-likeness (QED) is 0.497. The Balaban J connectivity index is 1.65. The van der Waals surface area contributed by atoms with Crippen molar-refractivity contribution in [3.63, 3.8) is 0 Å². The van der Waals surface area contributed by atoms with Crippen LogP contribution >= 0.6 is 23.2 Å². The van der Waals surface area contributed by atoms with Crippen LogP contribution in [-0.2, 0) is 4.79 Å². The van der Waals surface area contributed by atoms with Crippen LogP contribution in [0.25, 0.3) is 0 Å². The Morgan fingerprint density at radius 1 is 1.06 bits per heavy atom. The number of carbonyl (C=O) groups excluding carboxylic acids is 2. The molecular formula is C21H22Cl2N4O4. The Kier molecular flexibility index (Phi) is 7.35. The molecular weight excluding hydrogens is 443 g/mol. The first-order valence-electron chi connectivity index (χ1n) is 9.87. The highest BCUT2D eigenvalue weighted by atomic mass is 35.5. The Morgan fingerprint density at radius 2 is 1.77 bits per heavy atom. The predicted molar refractivity (Wildman–Crippen MR) is 121 cm³/mol. The molecule has 8 nitrogen and oxygen atoms in total. The molecule has 31 heavy (non-hydrogen) atoms. The van der Waals surface area contributed by atoms with Crippen molar-refractivity contribution < 1.29 is 14.5 Å². The average Bonchev–Trinajstić information content (AvgIpc) is 2.74. The molecule has 2 amide bonds. The Hall–Kier alpha value is -2.84. The molecule has 0 bridgehead atoms. The summed E-state index contributed by atoms with van der Waals surface area (Å²) in [7, 11) is 0. The molecule has 0 aromatic heterocycles. The first-order valence-corrected chi connectivity index (χ1v) is 10.6. The molecule has 1 aliphatic heterocycles. The van der Waals surface area contributed by atoms with Crippen LogP contribution in [0.3, 0.4) is 0 Å². The van der Waals surface area contributed by atoms with Crippen molar-refractivity contribution in [3.8, 4) is 0 Å². The first-order chi connectivity index (χ1) is 14.8. The summed E-state index contributed by atoms with van der Waals surface area (Å²) in [4.78, 5) is 38.8. The minimum absolute atomic E-state index is 0.00934. The summed E-state index contributed by atoms with van der Waals surface area (Å²) in [6.45, 7) is 4.64. The number of rotatable bonds is 6. The van der Waals surface area contributed by atoms with E-state index < -0.39 is 10.8 Å². The molecule has 2 aromatic rings. The number of nitrogens with one attached hydrogen (secondary N) is 1. The number of amides is 2. The van der Waals surface area contributed by atoms with Gasteiger partial charge in [-0.25, -0.2) is 0 Å². The smallest absolute Gasteiger partial charge is 0.270 e. The lowest BCUT2D eigenvalue weighted by Gasteiger charge is -2.36. The topological polar surface area (TPSA) is 95.8 Å². The van der Waals surface area contributed by atoms with Crippen LogP contribution in [0.4, 0.5) is 17.1 Å². The highest BCUT2D eigenvalue weighted by Crippen LogP contribution is 2.30. The van der Waals surface area contributed by atoms with Gasteiger partial charge < -0.3 is 15.1 Å². The van der Waals surface area contributed by atoms with Crippen LogP contribution < -0.4 is 10.2 Å². The van der Waals surface area contributed by atoms with Crippen molar-refractivity contribution in [2.75, 3.05) is 36.4 Å². The van der Waals surface area contributed by atoms with Gasteiger partial charge in [0.05, 0.1) is 26.2 Å². The highest BCUT2D eigenvalue weighted by molar-refractivity contribution is 6.35. The largest absolute Gasteiger partial charge is 0.367 e. The second-order valence-corrected chi connectivity index (χ2v) is 7.97. The van der Waals surface area contributed by atoms with E-state index in [1.807, 2.05) is 17.9 Å². The van der Waals surface area contributed by atoms with Gasteiger partial charge in [0.25, 0.3) is 11.6 Å². The van der Waals surface area contributed by atoms with E-state index in [2.05, 4.69) is 10.2 Å². The maximum atomic E-state index is 12.5. The van der Waals surface area contributed by atoms with E-state index in [1.54, 1.807) is 12.1 Å². The summed E-state index contributed by atoms with van der Waals surface area (Å²) < 4.78 is 0. The molecule has 3 rings (SSSR count). The molecule has 1 fully saturated rings. The minimum atomic E-state index is -0.578. The van der Waals surface area contributed by atoms with Gasteiger partial charge in [-0.2, -0.15) is 0 Å². The van der Waals surface area contributed by atoms with E-state index >= 15 is 0 Å². The van der Waals surface area contributed by atoms with Gasteiger partial charge >= 0.3 is 0 Å². The molecule has 1 aliphatic rings. The molecule has 10 heteroatoms. The van der Waals surface area contributed by atoms with Crippen LogP contribution in [0.5, 0.6) is 0 Å². The van der Waals surface area contributed by atoms with E-state index in [9.17, 15) is 19.7 Å². The number of halogens is 2. The molecule has 0 atom stereocenters. The minimum Gasteiger partial charge on any atom is -0.367 e. The number of piperazine rings is 1. The fourth-order valence-corrected chi connectivity index (χ4v) is 3.97. The number of hydrogen-bond donors (Lipinski definition) is 1. The first kappa shape index (κ1) is 22.8. The van der Waals surface area contributed by atoms with Gasteiger partial charge in [-0.15, -0.1) is 0 Å². The second kappa shape index (κ2) is 9.98. The van der Waals surface area contributed by atoms with E-state index in [4.69, 9.17) is 23.2 Å². The summed E-state index contributed by atoms with van der Waals surface area (Å²) in [5.74, 6) is -0.317. The van der Waals surface area contributed by atoms with Gasteiger partial charge in [-0.3, -0.25) is 19.7 Å². The zero-order valence-corrected chi connectivity index (χ0v) is 18.4. The normalized spacial score (nSPS) is 13.8. The van der Waals surface area contributed by atoms with Gasteiger partial charge in [0, 0.05) is 50.4 Å². The Morgan fingerprint density at radius 3 is 2.35 bits per heavy atom. The molecule has 0 unspecified atom stereocenters. The maximum Gasteiger partial charge on any atom is 0.270 e. The summed E-state index contributed by atoms with van der Waals surface area (Å²) in [5.41, 5.74) is 1.24. The number of nitro benzene ring substituents is 1. The number of carbonyl (C=O) groups is 2. The van der Waals surface area contributed by atoms with Crippen molar-refractivity contribution in [1.82, 2.24) is 4.90 Å². The monoisotopic (exact) mass is 464 g/mol. The third kappa shape index (κ3) is 5.45. The standard InChI is InChI=1S/C21H22Cl2N4O4/c1-2-3-20(28)26-10-8-25(9-11-26)19-7-4-14(12-18(19)23)24-21(29)16-6-5-15(27(30)31)13-17(16)22/h4-7,12-13H,2-3,8-11H2,1H3,(H,24,29). The van der Waals surface area contributed by atoms with Gasteiger partial charge in [0.1, 0.15) is 0 Å². The Bertz CT molecular complexity index is 1010. The number of hydrogen-bond acceptors (Lipinski definition) is 5. The SMILES string of the molecule is CCCC(=O)N1CCN(c2ccc(NC(=O)c3ccc([N+](=O)[O-])cc3Cl)cc2Cl)CC1. The summed E-state index contributed by atoms with van der Waals surface area (Å²) in [6, 6.07) is 8.86. The van der Waals surface area contributed by atoms with Gasteiger partial charge in [-0.1, -0.05) is 30.1 Å². The van der Waals surface area contributed by atoms with Gasteiger partial charge in [-0.05, 0) is 30.7 Å². The van der Waals surface area contributed by atoms with Crippen LogP contribution in [0.1, 0.15) is 30.1 Å². The molecule has 164 valence electrons. The third-order valence-electron chi connectivity index (χ3n) is 5.05. The fourth-order valence-electron chi connectivity index (χ4n) is 3.41. The molecule has 2 aromatic carbocycles. The van der Waals surface area contributed by atoms with E-state index in [0.717, 1.165) is 18.2 Å². The third-order valence-corrected chi connectivity index (χ3v) is 5.67. The fraction of sp³-hybridized carbons (Fsp3) is 0.333. The number of non-ortho nitro benzene ring substituents is 1. The van der Waals surface area contributed by atoms with E-state index in [1.165, 1.54) is 12.1 Å². The van der Waals surface area contributed by atoms with Crippen LogP contribution in [0.2, 0.25) is 10.0 Å². The number of nitrogens with zero attached hydrogens (tertiary/aromatic N) is 3. The van der Waals surface area contributed by atoms with Crippen molar-refractivity contribution in [2.45, 2.75) is 19.8 Å². The molecule has 1 heterocycles. The summed E-state index contributed by atoms with van der Waals surface area (Å²) in [5, 5.41) is 14.0. The van der Waals surface area contributed by atoms with Crippen molar-refractivity contribution >= 4 is 52.1 Å². The molecule has 1 saturated heterocycles. The van der Waals surface area contributed by atoms with Crippen molar-refractivity contribution in [2.24, 2.45) is 0 Å². The van der Waals surface area contributed by atoms with Gasteiger partial charge in [0.15, 0.2) is 0 Å². The number of benzene rings is 2. The van der Waals surface area contributed by atoms with Crippen LogP contribution in [-0.4, -0.2) is 47.8 Å². The van der Waals surface area contributed by atoms with E-state index in [0.29, 0.717) is 43.3 Å². The average molecular weight is 465 g/mol. The lowest BCUT2D eigenvalue weighted by atomic mass is 10.1. The Labute approximate surface area is 189 Å². The lowest BCUT2D eigenvalue weighted by Crippen LogP contribution is -2.48. The molecule has 0 saturated carbocycles. The zero-order valence-electron chi connectivity index (χ0n) is 16.9. The van der Waals surface area contributed by atoms with Gasteiger partial charge in [0.2, 0.25) is 5.91 Å². The van der Waals surface area contributed by atoms with Crippen LogP contribution in [0.15, 0.2) is 36.4 Å². The van der Waals surface area contributed by atoms with E-state index in [-0.39, 0.29) is 22.2 Å². The van der Waals surface area contributed by atoms with Crippen LogP contribution in [0, 0.1) is 10.1 Å². The lowest BCUT2D eigenvalue weighted by molar-refractivity contribution is -0.384. The predicted octanol–water partition coefficient (Wildman–Crippen LogP) is 4.60. The summed E-state index contributed by atoms with van der Waals surface area (Å²) >= 11 is 12.5. The summed E-state index contributed by atoms with van der Waals surface area (Å²) in [6.07, 6.45) is 1.40. The molecule has 0 aliphatic carbocycles. The maximum absolute atomic E-state index is 12.5. The van der Waals surface area contributed by atoms with Crippen molar-refractivity contribution in [1.29, 1.82) is 0 Å². The second-order valence-electron chi connectivity index (χ2n) is 7.16. The van der Waals surface area contributed by atoms with Crippen molar-refractivity contribution in [3.05, 3.63) is 62.1 Å². The zero-order chi connectivity index (χ0) is 22.5. The number of nitro groups is 1. The molecule has 1 N–H and O–H groups in total. The number of anilines is 2. The molecule has 0 spiro atoms.